The first kappa shape index (κ1) is 12.1. The molecule has 1 aromatic carbocycles. The van der Waals surface area contributed by atoms with E-state index in [1.807, 2.05) is 0 Å². The van der Waals surface area contributed by atoms with E-state index in [0.717, 1.165) is 0 Å². The van der Waals surface area contributed by atoms with Gasteiger partial charge in [0.1, 0.15) is 0 Å². The van der Waals surface area contributed by atoms with Gasteiger partial charge in [0, 0.05) is 4.90 Å². The number of urea groups is 1. The smallest absolute Gasteiger partial charge is 0.351 e. The Morgan fingerprint density at radius 1 is 1.47 bits per heavy atom. The van der Waals surface area contributed by atoms with E-state index in [9.17, 15) is 13.6 Å². The van der Waals surface area contributed by atoms with Crippen molar-refractivity contribution < 1.29 is 13.6 Å². The second-order valence-electron chi connectivity index (χ2n) is 2.53. The summed E-state index contributed by atoms with van der Waals surface area (Å²) in [5.41, 5.74) is 5.08. The van der Waals surface area contributed by atoms with Crippen LogP contribution in [0.5, 0.6) is 0 Å². The van der Waals surface area contributed by atoms with Gasteiger partial charge in [-0.25, -0.2) is 4.79 Å². The molecule has 0 aliphatic rings. The van der Waals surface area contributed by atoms with Gasteiger partial charge in [-0.2, -0.15) is 8.78 Å². The minimum absolute atomic E-state index is 0.131. The number of carbonyl (C=O) groups excluding carboxylic acids is 1. The molecule has 0 aliphatic heterocycles. The van der Waals surface area contributed by atoms with Crippen LogP contribution in [0.4, 0.5) is 19.3 Å². The molecule has 0 spiro atoms. The number of carbonyl (C=O) groups is 1. The summed E-state index contributed by atoms with van der Waals surface area (Å²) >= 11 is 4.89. The van der Waals surface area contributed by atoms with Crippen molar-refractivity contribution in [3.05, 3.63) is 24.3 Å². The summed E-state index contributed by atoms with van der Waals surface area (Å²) in [5, 5.41) is 2.22. The number of thioether (sulfide) groups is 1. The molecule has 15 heavy (non-hydrogen) atoms. The molecular weight excluding hydrogens is 246 g/mol. The Bertz CT molecular complexity index is 370. The molecule has 0 fully saturated rings. The number of nitrogens with two attached hydrogens (primary N) is 1. The minimum atomic E-state index is -3.42. The van der Waals surface area contributed by atoms with Gasteiger partial charge in [-0.05, 0) is 35.5 Å². The Labute approximate surface area is 94.0 Å². The first-order valence-corrected chi connectivity index (χ1v) is 4.99. The van der Waals surface area contributed by atoms with Gasteiger partial charge >= 0.3 is 10.7 Å². The van der Waals surface area contributed by atoms with Crippen LogP contribution < -0.4 is 11.1 Å². The fourth-order valence-corrected chi connectivity index (χ4v) is 1.79. The summed E-state index contributed by atoms with van der Waals surface area (Å²) in [6, 6.07) is 5.18. The van der Waals surface area contributed by atoms with E-state index in [4.69, 9.17) is 17.3 Å². The molecule has 0 radical (unpaired) electrons. The molecule has 3 nitrogen and oxygen atoms in total. The highest BCUT2D eigenvalue weighted by molar-refractivity contribution is 8.01. The van der Waals surface area contributed by atoms with Gasteiger partial charge in [0.15, 0.2) is 0 Å². The summed E-state index contributed by atoms with van der Waals surface area (Å²) in [4.78, 5) is 10.7. The number of amides is 2. The summed E-state index contributed by atoms with van der Waals surface area (Å²) in [6.07, 6.45) is 0. The molecule has 0 heterocycles. The number of para-hydroxylation sites is 1. The van der Waals surface area contributed by atoms with Gasteiger partial charge in [-0.3, -0.25) is 0 Å². The predicted molar refractivity (Wildman–Crippen MR) is 56.3 cm³/mol. The lowest BCUT2D eigenvalue weighted by Gasteiger charge is -2.11. The first-order chi connectivity index (χ1) is 6.88. The van der Waals surface area contributed by atoms with E-state index in [0.29, 0.717) is 0 Å². The van der Waals surface area contributed by atoms with Gasteiger partial charge in [-0.1, -0.05) is 12.1 Å². The monoisotopic (exact) mass is 252 g/mol. The zero-order valence-corrected chi connectivity index (χ0v) is 8.91. The molecule has 0 unspecified atom stereocenters. The molecule has 0 bridgehead atoms. The molecule has 7 heteroatoms. The molecule has 2 amide bonds. The normalized spacial score (nSPS) is 11.1. The molecule has 0 saturated carbocycles. The van der Waals surface area contributed by atoms with Crippen molar-refractivity contribution >= 4 is 35.1 Å². The minimum Gasteiger partial charge on any atom is -0.351 e. The lowest BCUT2D eigenvalue weighted by atomic mass is 10.3. The first-order valence-electron chi connectivity index (χ1n) is 3.80. The van der Waals surface area contributed by atoms with Crippen LogP contribution in [-0.4, -0.2) is 10.7 Å². The lowest BCUT2D eigenvalue weighted by molar-refractivity contribution is 0.203. The zero-order chi connectivity index (χ0) is 11.5. The Morgan fingerprint density at radius 2 is 2.07 bits per heavy atom. The number of nitrogens with one attached hydrogen (secondary N) is 1. The van der Waals surface area contributed by atoms with E-state index in [-0.39, 0.29) is 22.3 Å². The highest BCUT2D eigenvalue weighted by atomic mass is 35.5. The van der Waals surface area contributed by atoms with Crippen molar-refractivity contribution in [2.45, 2.75) is 9.61 Å². The van der Waals surface area contributed by atoms with Crippen molar-refractivity contribution in [2.24, 2.45) is 5.73 Å². The third-order valence-electron chi connectivity index (χ3n) is 1.37. The SMILES string of the molecule is NC(=O)Nc1ccccc1SC(F)(F)Cl. The highest BCUT2D eigenvalue weighted by Gasteiger charge is 2.27. The van der Waals surface area contributed by atoms with Gasteiger partial charge < -0.3 is 11.1 Å². The number of benzene rings is 1. The van der Waals surface area contributed by atoms with Crippen molar-refractivity contribution in [3.63, 3.8) is 0 Å². The molecule has 0 aromatic heterocycles. The second kappa shape index (κ2) is 4.67. The van der Waals surface area contributed by atoms with Crippen LogP contribution in [0, 0.1) is 0 Å². The second-order valence-corrected chi connectivity index (χ2v) is 4.39. The zero-order valence-electron chi connectivity index (χ0n) is 7.34. The number of rotatable bonds is 3. The molecule has 82 valence electrons. The standard InChI is InChI=1S/C8H7ClF2N2OS/c9-8(10,11)15-6-4-2-1-3-5(6)13-7(12)14/h1-4H,(H3,12,13,14). The molecule has 0 atom stereocenters. The van der Waals surface area contributed by atoms with E-state index in [1.165, 1.54) is 12.1 Å². The van der Waals surface area contributed by atoms with Crippen LogP contribution in [0.3, 0.4) is 0 Å². The van der Waals surface area contributed by atoms with Crippen molar-refractivity contribution in [1.29, 1.82) is 0 Å². The molecule has 1 aromatic rings. The maximum atomic E-state index is 12.5. The third-order valence-corrected chi connectivity index (χ3v) is 2.41. The van der Waals surface area contributed by atoms with Crippen LogP contribution in [0.2, 0.25) is 0 Å². The van der Waals surface area contributed by atoms with E-state index >= 15 is 0 Å². The predicted octanol–water partition coefficient (Wildman–Crippen LogP) is 3.06. The summed E-state index contributed by atoms with van der Waals surface area (Å²) in [6.45, 7) is 0. The maximum Gasteiger partial charge on any atom is 0.375 e. The third kappa shape index (κ3) is 4.35. The molecule has 0 saturated heterocycles. The molecule has 3 N–H and O–H groups in total. The van der Waals surface area contributed by atoms with Gasteiger partial charge in [0.2, 0.25) is 0 Å². The topological polar surface area (TPSA) is 55.1 Å². The van der Waals surface area contributed by atoms with Crippen LogP contribution in [0.25, 0.3) is 0 Å². The summed E-state index contributed by atoms with van der Waals surface area (Å²) in [7, 11) is 0. The van der Waals surface area contributed by atoms with Gasteiger partial charge in [-0.15, -0.1) is 0 Å². The fraction of sp³-hybridized carbons (Fsp3) is 0.125. The lowest BCUT2D eigenvalue weighted by Crippen LogP contribution is -2.19. The van der Waals surface area contributed by atoms with E-state index in [1.54, 1.807) is 12.1 Å². The van der Waals surface area contributed by atoms with E-state index in [2.05, 4.69) is 5.32 Å². The quantitative estimate of drug-likeness (QED) is 0.642. The number of hydrogen-bond donors (Lipinski definition) is 2. The van der Waals surface area contributed by atoms with Crippen molar-refractivity contribution in [2.75, 3.05) is 5.32 Å². The molecule has 1 rings (SSSR count). The average Bonchev–Trinajstić information content (AvgIpc) is 2.05. The van der Waals surface area contributed by atoms with Gasteiger partial charge in [0.05, 0.1) is 5.69 Å². The van der Waals surface area contributed by atoms with Crippen molar-refractivity contribution in [1.82, 2.24) is 0 Å². The van der Waals surface area contributed by atoms with Crippen molar-refractivity contribution in [3.8, 4) is 0 Å². The van der Waals surface area contributed by atoms with Crippen LogP contribution >= 0.6 is 23.4 Å². The largest absolute Gasteiger partial charge is 0.375 e. The number of primary amides is 1. The van der Waals surface area contributed by atoms with E-state index < -0.39 is 10.7 Å². The highest BCUT2D eigenvalue weighted by Crippen LogP contribution is 2.41. The van der Waals surface area contributed by atoms with Crippen LogP contribution in [0.1, 0.15) is 0 Å². The van der Waals surface area contributed by atoms with Crippen LogP contribution in [0.15, 0.2) is 29.2 Å². The molecular formula is C8H7ClF2N2OS. The summed E-state index contributed by atoms with van der Waals surface area (Å²) < 4.78 is 21.6. The summed E-state index contributed by atoms with van der Waals surface area (Å²) in [5.74, 6) is 0. The number of alkyl halides is 3. The Morgan fingerprint density at radius 3 is 2.60 bits per heavy atom. The Kier molecular flexibility index (Phi) is 3.76. The fourth-order valence-electron chi connectivity index (χ4n) is 0.916. The number of anilines is 1. The maximum absolute atomic E-state index is 12.5. The average molecular weight is 253 g/mol. The molecule has 0 aliphatic carbocycles. The Balaban J connectivity index is 2.91. The number of halogens is 3. The number of hydrogen-bond acceptors (Lipinski definition) is 2. The Hall–Kier alpha value is -1.01. The van der Waals surface area contributed by atoms with Gasteiger partial charge in [0.25, 0.3) is 0 Å². The van der Waals surface area contributed by atoms with Crippen LogP contribution in [-0.2, 0) is 0 Å².